The van der Waals surface area contributed by atoms with Crippen molar-refractivity contribution in [3.05, 3.63) is 0 Å². The molecule has 3 N–H and O–H groups in total. The molecule has 0 fully saturated rings. The summed E-state index contributed by atoms with van der Waals surface area (Å²) in [6.45, 7) is 9.23. The highest BCUT2D eigenvalue weighted by Gasteiger charge is 2.18. The van der Waals surface area contributed by atoms with Gasteiger partial charge in [-0.1, -0.05) is 20.8 Å². The summed E-state index contributed by atoms with van der Waals surface area (Å²) in [5.41, 5.74) is -0.0799. The number of hydrogen-bond donors (Lipinski definition) is 3. The lowest BCUT2D eigenvalue weighted by molar-refractivity contribution is 0.143. The first-order valence-electron chi connectivity index (χ1n) is 4.88. The van der Waals surface area contributed by atoms with Crippen molar-refractivity contribution in [3.63, 3.8) is 0 Å². The average Bonchev–Trinajstić information content (AvgIpc) is 2.13. The second-order valence-corrected chi connectivity index (χ2v) is 4.65. The number of rotatable bonds is 6. The summed E-state index contributed by atoms with van der Waals surface area (Å²) in [6, 6.07) is 0.288. The molecule has 0 aliphatic carbocycles. The Morgan fingerprint density at radius 1 is 1.23 bits per heavy atom. The lowest BCUT2D eigenvalue weighted by Gasteiger charge is -2.27. The number of aliphatic hydroxyl groups excluding tert-OH is 2. The molecule has 3 nitrogen and oxygen atoms in total. The van der Waals surface area contributed by atoms with E-state index in [-0.39, 0.29) is 30.6 Å². The van der Waals surface area contributed by atoms with Gasteiger partial charge in [-0.3, -0.25) is 0 Å². The summed E-state index contributed by atoms with van der Waals surface area (Å²) in [6.07, 6.45) is 0. The molecular formula is C10H23NO2. The normalized spacial score (nSPS) is 17.1. The molecule has 2 unspecified atom stereocenters. The highest BCUT2D eigenvalue weighted by atomic mass is 16.3. The van der Waals surface area contributed by atoms with E-state index in [9.17, 15) is 0 Å². The second kappa shape index (κ2) is 5.58. The lowest BCUT2D eigenvalue weighted by Crippen LogP contribution is -2.41. The van der Waals surface area contributed by atoms with Crippen molar-refractivity contribution in [3.8, 4) is 0 Å². The fourth-order valence-electron chi connectivity index (χ4n) is 0.852. The van der Waals surface area contributed by atoms with E-state index >= 15 is 0 Å². The van der Waals surface area contributed by atoms with Crippen LogP contribution in [0.2, 0.25) is 0 Å². The number of hydrogen-bond acceptors (Lipinski definition) is 3. The topological polar surface area (TPSA) is 52.5 Å². The molecule has 0 spiro atoms. The van der Waals surface area contributed by atoms with E-state index in [0.717, 1.165) is 6.54 Å². The van der Waals surface area contributed by atoms with E-state index in [0.29, 0.717) is 0 Å². The van der Waals surface area contributed by atoms with E-state index in [2.05, 4.69) is 5.32 Å². The minimum absolute atomic E-state index is 0.0799. The first-order chi connectivity index (χ1) is 5.93. The number of aliphatic hydroxyl groups is 2. The van der Waals surface area contributed by atoms with Crippen molar-refractivity contribution in [2.45, 2.75) is 33.7 Å². The van der Waals surface area contributed by atoms with Gasteiger partial charge in [0.25, 0.3) is 0 Å². The van der Waals surface area contributed by atoms with Crippen molar-refractivity contribution < 1.29 is 10.2 Å². The molecule has 13 heavy (non-hydrogen) atoms. The Bertz CT molecular complexity index is 137. The van der Waals surface area contributed by atoms with Gasteiger partial charge in [-0.15, -0.1) is 0 Å². The molecule has 0 rings (SSSR count). The molecule has 0 amide bonds. The molecule has 0 bridgehead atoms. The van der Waals surface area contributed by atoms with Gasteiger partial charge in [0.15, 0.2) is 0 Å². The molecule has 0 aliphatic heterocycles. The largest absolute Gasteiger partial charge is 0.396 e. The van der Waals surface area contributed by atoms with Crippen LogP contribution >= 0.6 is 0 Å². The summed E-state index contributed by atoms with van der Waals surface area (Å²) in [5.74, 6) is 0.259. The maximum atomic E-state index is 9.01. The van der Waals surface area contributed by atoms with Gasteiger partial charge < -0.3 is 15.5 Å². The number of nitrogens with one attached hydrogen (secondary N) is 1. The van der Waals surface area contributed by atoms with Crippen molar-refractivity contribution in [1.29, 1.82) is 0 Å². The van der Waals surface area contributed by atoms with Crippen LogP contribution in [0.25, 0.3) is 0 Å². The fraction of sp³-hybridized carbons (Fsp3) is 1.00. The standard InChI is InChI=1S/C10H23NO2/c1-8(5-12)9(2)11-6-10(3,4)7-13/h8-9,11-13H,5-7H2,1-4H3. The molecule has 0 radical (unpaired) electrons. The molecule has 0 aromatic heterocycles. The third kappa shape index (κ3) is 5.24. The first kappa shape index (κ1) is 12.9. The predicted octanol–water partition coefficient (Wildman–Crippen LogP) is 0.611. The van der Waals surface area contributed by atoms with Gasteiger partial charge in [0.2, 0.25) is 0 Å². The lowest BCUT2D eigenvalue weighted by atomic mass is 9.93. The van der Waals surface area contributed by atoms with Crippen molar-refractivity contribution in [2.24, 2.45) is 11.3 Å². The van der Waals surface area contributed by atoms with Gasteiger partial charge in [0.05, 0.1) is 0 Å². The Morgan fingerprint density at radius 2 is 1.77 bits per heavy atom. The Hall–Kier alpha value is -0.120. The van der Waals surface area contributed by atoms with E-state index in [4.69, 9.17) is 10.2 Å². The molecule has 0 aromatic rings. The smallest absolute Gasteiger partial charge is 0.0494 e. The van der Waals surface area contributed by atoms with Gasteiger partial charge in [-0.05, 0) is 12.8 Å². The van der Waals surface area contributed by atoms with Crippen molar-refractivity contribution >= 4 is 0 Å². The molecule has 0 aromatic carbocycles. The maximum absolute atomic E-state index is 9.01. The Morgan fingerprint density at radius 3 is 2.15 bits per heavy atom. The van der Waals surface area contributed by atoms with Gasteiger partial charge >= 0.3 is 0 Å². The molecule has 0 aliphatic rings. The Balaban J connectivity index is 3.75. The predicted molar refractivity (Wildman–Crippen MR) is 54.6 cm³/mol. The SMILES string of the molecule is CC(CO)C(C)NCC(C)(C)CO. The van der Waals surface area contributed by atoms with Gasteiger partial charge in [0.1, 0.15) is 0 Å². The van der Waals surface area contributed by atoms with E-state index in [1.807, 2.05) is 27.7 Å². The molecule has 80 valence electrons. The monoisotopic (exact) mass is 189 g/mol. The Labute approximate surface area is 81.2 Å². The summed E-state index contributed by atoms with van der Waals surface area (Å²) in [7, 11) is 0. The third-order valence-corrected chi connectivity index (χ3v) is 2.47. The Kier molecular flexibility index (Phi) is 5.53. The van der Waals surface area contributed by atoms with Crippen LogP contribution in [-0.4, -0.2) is 36.0 Å². The molecule has 0 saturated heterocycles. The van der Waals surface area contributed by atoms with Crippen molar-refractivity contribution in [1.82, 2.24) is 5.32 Å². The van der Waals surface area contributed by atoms with Crippen LogP contribution in [0.4, 0.5) is 0 Å². The molecule has 2 atom stereocenters. The van der Waals surface area contributed by atoms with Crippen LogP contribution in [0.15, 0.2) is 0 Å². The van der Waals surface area contributed by atoms with Crippen LogP contribution in [0.3, 0.4) is 0 Å². The highest BCUT2D eigenvalue weighted by molar-refractivity contribution is 4.74. The van der Waals surface area contributed by atoms with E-state index < -0.39 is 0 Å². The zero-order valence-electron chi connectivity index (χ0n) is 9.17. The summed E-state index contributed by atoms with van der Waals surface area (Å²) >= 11 is 0. The molecule has 0 saturated carbocycles. The summed E-state index contributed by atoms with van der Waals surface area (Å²) in [5, 5.41) is 21.2. The quantitative estimate of drug-likeness (QED) is 0.574. The average molecular weight is 189 g/mol. The minimum atomic E-state index is -0.0799. The van der Waals surface area contributed by atoms with Gasteiger partial charge in [-0.2, -0.15) is 0 Å². The summed E-state index contributed by atoms with van der Waals surface area (Å²) < 4.78 is 0. The van der Waals surface area contributed by atoms with Crippen LogP contribution in [0.5, 0.6) is 0 Å². The minimum Gasteiger partial charge on any atom is -0.396 e. The zero-order valence-corrected chi connectivity index (χ0v) is 9.17. The van der Waals surface area contributed by atoms with E-state index in [1.54, 1.807) is 0 Å². The van der Waals surface area contributed by atoms with Crippen LogP contribution in [-0.2, 0) is 0 Å². The van der Waals surface area contributed by atoms with Gasteiger partial charge in [0, 0.05) is 31.2 Å². The van der Waals surface area contributed by atoms with Crippen LogP contribution < -0.4 is 5.32 Å². The highest BCUT2D eigenvalue weighted by Crippen LogP contribution is 2.12. The first-order valence-corrected chi connectivity index (χ1v) is 4.88. The second-order valence-electron chi connectivity index (χ2n) is 4.65. The van der Waals surface area contributed by atoms with Crippen LogP contribution in [0.1, 0.15) is 27.7 Å². The van der Waals surface area contributed by atoms with Crippen molar-refractivity contribution in [2.75, 3.05) is 19.8 Å². The molecule has 0 heterocycles. The fourth-order valence-corrected chi connectivity index (χ4v) is 0.852. The zero-order chi connectivity index (χ0) is 10.5. The molecule has 3 heteroatoms. The van der Waals surface area contributed by atoms with Crippen LogP contribution in [0, 0.1) is 11.3 Å². The van der Waals surface area contributed by atoms with Gasteiger partial charge in [-0.25, -0.2) is 0 Å². The maximum Gasteiger partial charge on any atom is 0.0494 e. The van der Waals surface area contributed by atoms with E-state index in [1.165, 1.54) is 0 Å². The third-order valence-electron chi connectivity index (χ3n) is 2.47. The molecular weight excluding hydrogens is 166 g/mol. The summed E-state index contributed by atoms with van der Waals surface area (Å²) in [4.78, 5) is 0.